The minimum absolute atomic E-state index is 0.0284. The minimum atomic E-state index is -0.762. The van der Waals surface area contributed by atoms with Gasteiger partial charge in [0.25, 0.3) is 5.91 Å². The molecule has 7 heteroatoms. The van der Waals surface area contributed by atoms with Gasteiger partial charge in [-0.05, 0) is 35.9 Å². The summed E-state index contributed by atoms with van der Waals surface area (Å²) in [6.07, 6.45) is -0.584. The summed E-state index contributed by atoms with van der Waals surface area (Å²) in [6.45, 7) is 0.379. The Hall–Kier alpha value is -2.57. The molecule has 2 amide bonds. The predicted octanol–water partition coefficient (Wildman–Crippen LogP) is 1.94. The molecule has 0 saturated carbocycles. The largest absolute Gasteiger partial charge is 0.508 e. The Morgan fingerprint density at radius 3 is 2.62 bits per heavy atom. The van der Waals surface area contributed by atoms with E-state index in [1.807, 2.05) is 12.1 Å². The van der Waals surface area contributed by atoms with Gasteiger partial charge in [-0.1, -0.05) is 29.8 Å². The fraction of sp³-hybridized carbons (Fsp3) is 0.263. The molecule has 0 radical (unpaired) electrons. The van der Waals surface area contributed by atoms with Crippen LogP contribution in [-0.2, 0) is 11.3 Å². The van der Waals surface area contributed by atoms with Gasteiger partial charge in [0.05, 0.1) is 6.10 Å². The quantitative estimate of drug-likeness (QED) is 0.762. The van der Waals surface area contributed by atoms with Gasteiger partial charge in [-0.25, -0.2) is 0 Å². The summed E-state index contributed by atoms with van der Waals surface area (Å²) in [7, 11) is 0. The topological polar surface area (TPSA) is 89.9 Å². The van der Waals surface area contributed by atoms with E-state index in [1.54, 1.807) is 24.3 Å². The fourth-order valence-corrected chi connectivity index (χ4v) is 3.13. The molecule has 26 heavy (non-hydrogen) atoms. The van der Waals surface area contributed by atoms with Gasteiger partial charge in [-0.3, -0.25) is 9.59 Å². The maximum atomic E-state index is 12.7. The van der Waals surface area contributed by atoms with Crippen molar-refractivity contribution in [2.75, 3.05) is 6.54 Å². The van der Waals surface area contributed by atoms with Gasteiger partial charge in [0, 0.05) is 30.1 Å². The molecule has 0 aromatic heterocycles. The summed E-state index contributed by atoms with van der Waals surface area (Å²) < 4.78 is 0. The molecular formula is C19H19ClN2O4. The number of aromatic hydroxyl groups is 1. The van der Waals surface area contributed by atoms with Gasteiger partial charge in [0.2, 0.25) is 5.91 Å². The Balaban J connectivity index is 1.69. The van der Waals surface area contributed by atoms with Gasteiger partial charge in [-0.2, -0.15) is 0 Å². The van der Waals surface area contributed by atoms with Gasteiger partial charge in [0.15, 0.2) is 0 Å². The van der Waals surface area contributed by atoms with Crippen LogP contribution >= 0.6 is 11.6 Å². The number of rotatable bonds is 4. The number of carbonyl (C=O) groups excluding carboxylic acids is 2. The third-order valence-corrected chi connectivity index (χ3v) is 4.57. The van der Waals surface area contributed by atoms with Crippen LogP contribution in [0.3, 0.4) is 0 Å². The van der Waals surface area contributed by atoms with Crippen molar-refractivity contribution in [2.24, 2.45) is 0 Å². The van der Waals surface area contributed by atoms with Crippen LogP contribution in [0.1, 0.15) is 22.3 Å². The highest BCUT2D eigenvalue weighted by atomic mass is 35.5. The van der Waals surface area contributed by atoms with Gasteiger partial charge in [0.1, 0.15) is 11.8 Å². The summed E-state index contributed by atoms with van der Waals surface area (Å²) in [5, 5.41) is 22.9. The summed E-state index contributed by atoms with van der Waals surface area (Å²) >= 11 is 5.84. The maximum Gasteiger partial charge on any atom is 0.254 e. The molecule has 2 atom stereocenters. The number of phenols is 1. The molecule has 2 aromatic rings. The molecule has 1 saturated heterocycles. The summed E-state index contributed by atoms with van der Waals surface area (Å²) in [5.74, 6) is -0.756. The van der Waals surface area contributed by atoms with E-state index in [0.29, 0.717) is 11.6 Å². The lowest BCUT2D eigenvalue weighted by molar-refractivity contribution is -0.125. The molecule has 1 aliphatic heterocycles. The van der Waals surface area contributed by atoms with Crippen molar-refractivity contribution in [2.45, 2.75) is 25.1 Å². The van der Waals surface area contributed by atoms with Crippen LogP contribution in [-0.4, -0.2) is 45.6 Å². The Labute approximate surface area is 156 Å². The first-order chi connectivity index (χ1) is 12.4. The molecule has 0 bridgehead atoms. The molecule has 136 valence electrons. The van der Waals surface area contributed by atoms with Gasteiger partial charge in [-0.15, -0.1) is 0 Å². The second-order valence-corrected chi connectivity index (χ2v) is 6.69. The molecule has 0 aliphatic carbocycles. The fourth-order valence-electron chi connectivity index (χ4n) is 3.00. The maximum absolute atomic E-state index is 12.7. The minimum Gasteiger partial charge on any atom is -0.508 e. The summed E-state index contributed by atoms with van der Waals surface area (Å²) in [5.41, 5.74) is 1.15. The number of β-amino-alcohol motifs (C(OH)–C–C–N with tert-alkyl or cyclic N) is 1. The zero-order chi connectivity index (χ0) is 18.7. The highest BCUT2D eigenvalue weighted by molar-refractivity contribution is 6.30. The summed E-state index contributed by atoms with van der Waals surface area (Å²) in [4.78, 5) is 26.6. The second-order valence-electron chi connectivity index (χ2n) is 6.26. The number of benzene rings is 2. The smallest absolute Gasteiger partial charge is 0.254 e. The zero-order valence-electron chi connectivity index (χ0n) is 13.9. The van der Waals surface area contributed by atoms with Gasteiger partial charge < -0.3 is 20.4 Å². The third kappa shape index (κ3) is 4.15. The van der Waals surface area contributed by atoms with Crippen LogP contribution < -0.4 is 5.32 Å². The number of phenolic OH excluding ortho intramolecular Hbond substituents is 1. The lowest BCUT2D eigenvalue weighted by Crippen LogP contribution is -2.45. The molecule has 1 aliphatic rings. The monoisotopic (exact) mass is 374 g/mol. The lowest BCUT2D eigenvalue weighted by atomic mass is 10.1. The van der Waals surface area contributed by atoms with Crippen molar-refractivity contribution in [3.63, 3.8) is 0 Å². The number of carbonyl (C=O) groups is 2. The molecule has 3 N–H and O–H groups in total. The molecule has 2 aromatic carbocycles. The lowest BCUT2D eigenvalue weighted by Gasteiger charge is -2.23. The van der Waals surface area contributed by atoms with E-state index in [2.05, 4.69) is 5.32 Å². The first-order valence-corrected chi connectivity index (χ1v) is 8.62. The van der Waals surface area contributed by atoms with Gasteiger partial charge >= 0.3 is 0 Å². The van der Waals surface area contributed by atoms with Crippen molar-refractivity contribution < 1.29 is 19.8 Å². The van der Waals surface area contributed by atoms with Crippen molar-refractivity contribution in [1.82, 2.24) is 10.2 Å². The number of aliphatic hydroxyl groups is 1. The van der Waals surface area contributed by atoms with E-state index in [1.165, 1.54) is 17.0 Å². The van der Waals surface area contributed by atoms with Crippen molar-refractivity contribution >= 4 is 23.4 Å². The SMILES string of the molecule is O=C(NCc1ccc(Cl)cc1)[C@@H]1C[C@@H](O)CN1C(=O)c1cccc(O)c1. The Bertz CT molecular complexity index is 809. The average Bonchev–Trinajstić information content (AvgIpc) is 3.02. The van der Waals surface area contributed by atoms with E-state index in [-0.39, 0.29) is 30.2 Å². The number of nitrogens with zero attached hydrogens (tertiary/aromatic N) is 1. The van der Waals surface area contributed by atoms with E-state index in [9.17, 15) is 19.8 Å². The normalized spacial score (nSPS) is 19.4. The third-order valence-electron chi connectivity index (χ3n) is 4.32. The standard InChI is InChI=1S/C19H19ClN2O4/c20-14-6-4-12(5-7-14)10-21-18(25)17-9-16(24)11-22(17)19(26)13-2-1-3-15(23)8-13/h1-8,16-17,23-24H,9-11H2,(H,21,25)/t16-,17+/m1/s1. The predicted molar refractivity (Wildman–Crippen MR) is 96.9 cm³/mol. The van der Waals surface area contributed by atoms with E-state index >= 15 is 0 Å². The van der Waals surface area contributed by atoms with Crippen LogP contribution in [0.15, 0.2) is 48.5 Å². The molecular weight excluding hydrogens is 356 g/mol. The molecule has 0 unspecified atom stereocenters. The molecule has 3 rings (SSSR count). The number of hydrogen-bond donors (Lipinski definition) is 3. The van der Waals surface area contributed by atoms with E-state index in [0.717, 1.165) is 5.56 Å². The number of likely N-dealkylation sites (tertiary alicyclic amines) is 1. The van der Waals surface area contributed by atoms with Crippen LogP contribution in [0.2, 0.25) is 5.02 Å². The number of halogens is 1. The van der Waals surface area contributed by atoms with Crippen molar-refractivity contribution in [3.05, 3.63) is 64.7 Å². The summed E-state index contributed by atoms with van der Waals surface area (Å²) in [6, 6.07) is 12.3. The Morgan fingerprint density at radius 2 is 1.92 bits per heavy atom. The highest BCUT2D eigenvalue weighted by Crippen LogP contribution is 2.22. The zero-order valence-corrected chi connectivity index (χ0v) is 14.7. The highest BCUT2D eigenvalue weighted by Gasteiger charge is 2.39. The number of hydrogen-bond acceptors (Lipinski definition) is 4. The molecule has 0 spiro atoms. The van der Waals surface area contributed by atoms with E-state index in [4.69, 9.17) is 11.6 Å². The molecule has 6 nitrogen and oxygen atoms in total. The van der Waals surface area contributed by atoms with Crippen molar-refractivity contribution in [1.29, 1.82) is 0 Å². The molecule has 1 heterocycles. The van der Waals surface area contributed by atoms with Crippen LogP contribution in [0.25, 0.3) is 0 Å². The first-order valence-electron chi connectivity index (χ1n) is 8.24. The van der Waals surface area contributed by atoms with Crippen LogP contribution in [0, 0.1) is 0 Å². The number of nitrogens with one attached hydrogen (secondary N) is 1. The number of aliphatic hydroxyl groups excluding tert-OH is 1. The Morgan fingerprint density at radius 1 is 1.19 bits per heavy atom. The Kier molecular flexibility index (Phi) is 5.44. The van der Waals surface area contributed by atoms with Crippen LogP contribution in [0.5, 0.6) is 5.75 Å². The first kappa shape index (κ1) is 18.2. The van der Waals surface area contributed by atoms with Crippen LogP contribution in [0.4, 0.5) is 0 Å². The van der Waals surface area contributed by atoms with Crippen molar-refractivity contribution in [3.8, 4) is 5.75 Å². The second kappa shape index (κ2) is 7.76. The average molecular weight is 375 g/mol. The number of amides is 2. The molecule has 1 fully saturated rings. The van der Waals surface area contributed by atoms with E-state index < -0.39 is 18.1 Å².